The van der Waals surface area contributed by atoms with Gasteiger partial charge in [-0.2, -0.15) is 0 Å². The Morgan fingerprint density at radius 2 is 1.86 bits per heavy atom. The molecule has 2 aliphatic rings. The van der Waals surface area contributed by atoms with Crippen LogP contribution in [0.15, 0.2) is 36.0 Å². The summed E-state index contributed by atoms with van der Waals surface area (Å²) in [6.45, 7) is 0.439. The zero-order valence-electron chi connectivity index (χ0n) is 7.77. The molecule has 72 valence electrons. The monoisotopic (exact) mass is 189 g/mol. The Hall–Kier alpha value is -1.64. The molecule has 2 rings (SSSR count). The number of rotatable bonds is 2. The minimum absolute atomic E-state index is 0.203. The van der Waals surface area contributed by atoms with Gasteiger partial charge in [-0.15, -0.1) is 0 Å². The highest BCUT2D eigenvalue weighted by molar-refractivity contribution is 6.13. The largest absolute Gasteiger partial charge is 0.271 e. The van der Waals surface area contributed by atoms with E-state index in [1.165, 1.54) is 17.1 Å². The van der Waals surface area contributed by atoms with E-state index in [1.807, 2.05) is 0 Å². The zero-order chi connectivity index (χ0) is 9.97. The topological polar surface area (TPSA) is 37.4 Å². The van der Waals surface area contributed by atoms with E-state index in [1.54, 1.807) is 0 Å². The van der Waals surface area contributed by atoms with Gasteiger partial charge in [0.1, 0.15) is 0 Å². The predicted octanol–water partition coefficient (Wildman–Crippen LogP) is 1.19. The van der Waals surface area contributed by atoms with Gasteiger partial charge in [0, 0.05) is 12.2 Å². The van der Waals surface area contributed by atoms with Gasteiger partial charge < -0.3 is 0 Å². The zero-order valence-corrected chi connectivity index (χ0v) is 7.77. The van der Waals surface area contributed by atoms with E-state index in [4.69, 9.17) is 0 Å². The van der Waals surface area contributed by atoms with E-state index < -0.39 is 0 Å². The molecule has 0 fully saturated rings. The van der Waals surface area contributed by atoms with Crippen LogP contribution in [-0.2, 0) is 9.59 Å². The van der Waals surface area contributed by atoms with Crippen molar-refractivity contribution in [1.29, 1.82) is 0 Å². The summed E-state index contributed by atoms with van der Waals surface area (Å²) in [6.07, 6.45) is 10.6. The minimum atomic E-state index is -0.203. The van der Waals surface area contributed by atoms with E-state index in [0.717, 1.165) is 18.4 Å². The summed E-state index contributed by atoms with van der Waals surface area (Å²) < 4.78 is 0. The third-order valence-corrected chi connectivity index (χ3v) is 2.35. The molecule has 2 amide bonds. The highest BCUT2D eigenvalue weighted by atomic mass is 16.2. The maximum Gasteiger partial charge on any atom is 0.253 e. The molecular formula is C11H11NO2. The van der Waals surface area contributed by atoms with Crippen molar-refractivity contribution in [3.8, 4) is 0 Å². The lowest BCUT2D eigenvalue weighted by Gasteiger charge is -2.16. The number of nitrogens with zero attached hydrogens (tertiary/aromatic N) is 1. The molecule has 0 saturated carbocycles. The van der Waals surface area contributed by atoms with Crippen LogP contribution in [0.3, 0.4) is 0 Å². The van der Waals surface area contributed by atoms with Crippen LogP contribution >= 0.6 is 0 Å². The maximum absolute atomic E-state index is 11.2. The molecule has 0 unspecified atom stereocenters. The van der Waals surface area contributed by atoms with Crippen molar-refractivity contribution in [2.75, 3.05) is 6.54 Å². The number of amides is 2. The molecule has 0 atom stereocenters. The molecule has 14 heavy (non-hydrogen) atoms. The quantitative estimate of drug-likeness (QED) is 0.483. The first-order chi connectivity index (χ1) is 6.77. The summed E-state index contributed by atoms with van der Waals surface area (Å²) in [6, 6.07) is 0. The van der Waals surface area contributed by atoms with E-state index >= 15 is 0 Å². The van der Waals surface area contributed by atoms with Gasteiger partial charge in [-0.05, 0) is 12.8 Å². The van der Waals surface area contributed by atoms with Crippen LogP contribution in [0.1, 0.15) is 12.8 Å². The number of hydrogen-bond acceptors (Lipinski definition) is 2. The van der Waals surface area contributed by atoms with Crippen molar-refractivity contribution in [2.24, 2.45) is 0 Å². The van der Waals surface area contributed by atoms with Crippen LogP contribution in [0.5, 0.6) is 0 Å². The fraction of sp³-hybridized carbons (Fsp3) is 0.273. The number of carbonyl (C=O) groups is 2. The molecule has 0 radical (unpaired) electrons. The van der Waals surface area contributed by atoms with Crippen molar-refractivity contribution in [2.45, 2.75) is 12.8 Å². The number of hydrogen-bond donors (Lipinski definition) is 0. The third kappa shape index (κ3) is 1.66. The minimum Gasteiger partial charge on any atom is -0.271 e. The number of allylic oxidation sites excluding steroid dienone is 3. The van der Waals surface area contributed by atoms with E-state index in [-0.39, 0.29) is 11.8 Å². The molecule has 3 heteroatoms. The Morgan fingerprint density at radius 3 is 2.43 bits per heavy atom. The van der Waals surface area contributed by atoms with Crippen LogP contribution in [-0.4, -0.2) is 23.3 Å². The molecule has 0 aromatic rings. The molecule has 0 aromatic heterocycles. The summed E-state index contributed by atoms with van der Waals surface area (Å²) in [7, 11) is 0. The van der Waals surface area contributed by atoms with E-state index in [0.29, 0.717) is 6.54 Å². The van der Waals surface area contributed by atoms with Crippen LogP contribution < -0.4 is 0 Å². The van der Waals surface area contributed by atoms with Gasteiger partial charge in [-0.3, -0.25) is 14.5 Å². The molecular weight excluding hydrogens is 178 g/mol. The molecule has 3 nitrogen and oxygen atoms in total. The van der Waals surface area contributed by atoms with Crippen molar-refractivity contribution in [3.05, 3.63) is 36.0 Å². The lowest BCUT2D eigenvalue weighted by Crippen LogP contribution is -2.31. The Labute approximate surface area is 82.4 Å². The highest BCUT2D eigenvalue weighted by Crippen LogP contribution is 2.14. The molecule has 0 spiro atoms. The fourth-order valence-corrected chi connectivity index (χ4v) is 1.57. The Bertz CT molecular complexity index is 345. The van der Waals surface area contributed by atoms with Gasteiger partial charge in [0.15, 0.2) is 0 Å². The first-order valence-corrected chi connectivity index (χ1v) is 4.64. The van der Waals surface area contributed by atoms with Crippen molar-refractivity contribution in [3.63, 3.8) is 0 Å². The summed E-state index contributed by atoms with van der Waals surface area (Å²) >= 11 is 0. The lowest BCUT2D eigenvalue weighted by atomic mass is 10.1. The van der Waals surface area contributed by atoms with Gasteiger partial charge in [0.25, 0.3) is 11.8 Å². The smallest absolute Gasteiger partial charge is 0.253 e. The Balaban J connectivity index is 2.01. The molecule has 0 saturated heterocycles. The van der Waals surface area contributed by atoms with Crippen LogP contribution in [0, 0.1) is 0 Å². The molecule has 0 N–H and O–H groups in total. The SMILES string of the molecule is O=C1C=CC(=O)N1CC1=CCC=CC1. The van der Waals surface area contributed by atoms with E-state index in [9.17, 15) is 9.59 Å². The second-order valence-corrected chi connectivity index (χ2v) is 3.37. The van der Waals surface area contributed by atoms with Gasteiger partial charge in [-0.25, -0.2) is 0 Å². The van der Waals surface area contributed by atoms with Crippen molar-refractivity contribution >= 4 is 11.8 Å². The van der Waals surface area contributed by atoms with Crippen LogP contribution in [0.4, 0.5) is 0 Å². The Morgan fingerprint density at radius 1 is 1.14 bits per heavy atom. The van der Waals surface area contributed by atoms with Gasteiger partial charge in [-0.1, -0.05) is 23.8 Å². The predicted molar refractivity (Wildman–Crippen MR) is 52.3 cm³/mol. The number of imide groups is 1. The standard InChI is InChI=1S/C11H11NO2/c13-10-6-7-11(14)12(10)8-9-4-2-1-3-5-9/h1-2,5-7H,3-4,8H2. The summed E-state index contributed by atoms with van der Waals surface area (Å²) in [4.78, 5) is 23.7. The average molecular weight is 189 g/mol. The molecule has 0 bridgehead atoms. The summed E-state index contributed by atoms with van der Waals surface area (Å²) in [5.74, 6) is -0.407. The highest BCUT2D eigenvalue weighted by Gasteiger charge is 2.23. The normalized spacial score (nSPS) is 20.6. The first-order valence-electron chi connectivity index (χ1n) is 4.64. The second-order valence-electron chi connectivity index (χ2n) is 3.37. The molecule has 1 aliphatic heterocycles. The average Bonchev–Trinajstić information content (AvgIpc) is 2.51. The lowest BCUT2D eigenvalue weighted by molar-refractivity contribution is -0.136. The summed E-state index contributed by atoms with van der Waals surface area (Å²) in [5, 5.41) is 0. The number of carbonyl (C=O) groups excluding carboxylic acids is 2. The molecule has 0 aromatic carbocycles. The summed E-state index contributed by atoms with van der Waals surface area (Å²) in [5.41, 5.74) is 1.14. The fourth-order valence-electron chi connectivity index (χ4n) is 1.57. The van der Waals surface area contributed by atoms with Gasteiger partial charge in [0.05, 0.1) is 6.54 Å². The van der Waals surface area contributed by atoms with E-state index in [2.05, 4.69) is 18.2 Å². The maximum atomic E-state index is 11.2. The molecule has 1 aliphatic carbocycles. The van der Waals surface area contributed by atoms with Gasteiger partial charge in [0.2, 0.25) is 0 Å². The van der Waals surface area contributed by atoms with Gasteiger partial charge >= 0.3 is 0 Å². The first kappa shape index (κ1) is 8.94. The van der Waals surface area contributed by atoms with Crippen LogP contribution in [0.25, 0.3) is 0 Å². The van der Waals surface area contributed by atoms with Crippen LogP contribution in [0.2, 0.25) is 0 Å². The second kappa shape index (κ2) is 3.62. The third-order valence-electron chi connectivity index (χ3n) is 2.35. The van der Waals surface area contributed by atoms with Crippen molar-refractivity contribution < 1.29 is 9.59 Å². The Kier molecular flexibility index (Phi) is 2.31. The van der Waals surface area contributed by atoms with Crippen molar-refractivity contribution in [1.82, 2.24) is 4.90 Å². The molecule has 1 heterocycles.